The Labute approximate surface area is 89.7 Å². The second-order valence-corrected chi connectivity index (χ2v) is 3.41. The summed E-state index contributed by atoms with van der Waals surface area (Å²) in [5.41, 5.74) is 1.10. The Morgan fingerprint density at radius 1 is 1.40 bits per heavy atom. The highest BCUT2D eigenvalue weighted by Gasteiger charge is 2.15. The summed E-state index contributed by atoms with van der Waals surface area (Å²) >= 11 is 0. The molecule has 0 radical (unpaired) electrons. The number of esters is 1. The zero-order valence-corrected chi connectivity index (χ0v) is 9.23. The third-order valence-corrected chi connectivity index (χ3v) is 2.26. The lowest BCUT2D eigenvalue weighted by Gasteiger charge is -2.18. The van der Waals surface area contributed by atoms with Gasteiger partial charge in [-0.15, -0.1) is 0 Å². The van der Waals surface area contributed by atoms with Crippen molar-refractivity contribution >= 4 is 5.97 Å². The molecule has 1 heterocycles. The van der Waals surface area contributed by atoms with Gasteiger partial charge in [-0.05, 0) is 31.5 Å². The predicted octanol–water partition coefficient (Wildman–Crippen LogP) is 1.29. The van der Waals surface area contributed by atoms with Crippen molar-refractivity contribution in [1.29, 1.82) is 0 Å². The number of carbonyl (C=O) groups is 1. The lowest BCUT2D eigenvalue weighted by atomic mass is 10.1. The van der Waals surface area contributed by atoms with E-state index in [-0.39, 0.29) is 18.1 Å². The van der Waals surface area contributed by atoms with Crippen LogP contribution in [0.15, 0.2) is 24.5 Å². The van der Waals surface area contributed by atoms with Crippen LogP contribution < -0.4 is 5.32 Å². The molecule has 1 aromatic heterocycles. The summed E-state index contributed by atoms with van der Waals surface area (Å²) < 4.78 is 4.63. The maximum Gasteiger partial charge on any atom is 0.322 e. The van der Waals surface area contributed by atoms with Gasteiger partial charge in [0.05, 0.1) is 7.11 Å². The average molecular weight is 208 g/mol. The second kappa shape index (κ2) is 5.46. The van der Waals surface area contributed by atoms with Crippen molar-refractivity contribution in [3.63, 3.8) is 0 Å². The predicted molar refractivity (Wildman–Crippen MR) is 57.3 cm³/mol. The van der Waals surface area contributed by atoms with Gasteiger partial charge >= 0.3 is 5.97 Å². The first kappa shape index (κ1) is 11.7. The molecule has 0 aliphatic carbocycles. The summed E-state index contributed by atoms with van der Waals surface area (Å²) in [6, 6.07) is 3.63. The number of aromatic nitrogens is 1. The SMILES string of the molecule is COC(=O)[C@H](C)NC(C)c1ccncc1. The van der Waals surface area contributed by atoms with Crippen LogP contribution >= 0.6 is 0 Å². The minimum absolute atomic E-state index is 0.0992. The van der Waals surface area contributed by atoms with E-state index in [2.05, 4.69) is 15.0 Å². The summed E-state index contributed by atoms with van der Waals surface area (Å²) in [5.74, 6) is -0.254. The van der Waals surface area contributed by atoms with Gasteiger partial charge in [0.2, 0.25) is 0 Å². The highest BCUT2D eigenvalue weighted by molar-refractivity contribution is 5.75. The molecule has 0 aliphatic rings. The maximum absolute atomic E-state index is 11.2. The molecule has 0 saturated heterocycles. The van der Waals surface area contributed by atoms with Crippen LogP contribution in [0.5, 0.6) is 0 Å². The van der Waals surface area contributed by atoms with Crippen molar-refractivity contribution in [2.24, 2.45) is 0 Å². The highest BCUT2D eigenvalue weighted by Crippen LogP contribution is 2.11. The molecule has 2 atom stereocenters. The van der Waals surface area contributed by atoms with Crippen LogP contribution in [0.3, 0.4) is 0 Å². The molecule has 0 saturated carbocycles. The summed E-state index contributed by atoms with van der Waals surface area (Å²) in [7, 11) is 1.39. The Morgan fingerprint density at radius 3 is 2.53 bits per heavy atom. The van der Waals surface area contributed by atoms with Gasteiger partial charge in [0.15, 0.2) is 0 Å². The van der Waals surface area contributed by atoms with Gasteiger partial charge in [-0.1, -0.05) is 0 Å². The number of ether oxygens (including phenoxy) is 1. The average Bonchev–Trinajstić information content (AvgIpc) is 2.29. The number of methoxy groups -OCH3 is 1. The van der Waals surface area contributed by atoms with E-state index in [1.165, 1.54) is 7.11 Å². The molecular weight excluding hydrogens is 192 g/mol. The molecule has 4 nitrogen and oxygen atoms in total. The fraction of sp³-hybridized carbons (Fsp3) is 0.455. The van der Waals surface area contributed by atoms with Gasteiger partial charge < -0.3 is 4.74 Å². The van der Waals surface area contributed by atoms with Crippen LogP contribution in [-0.2, 0) is 9.53 Å². The van der Waals surface area contributed by atoms with Crippen molar-refractivity contribution in [3.05, 3.63) is 30.1 Å². The van der Waals surface area contributed by atoms with E-state index in [9.17, 15) is 4.79 Å². The second-order valence-electron chi connectivity index (χ2n) is 3.41. The van der Waals surface area contributed by atoms with Crippen LogP contribution in [0.4, 0.5) is 0 Å². The van der Waals surface area contributed by atoms with E-state index in [4.69, 9.17) is 0 Å². The first-order valence-corrected chi connectivity index (χ1v) is 4.89. The highest BCUT2D eigenvalue weighted by atomic mass is 16.5. The summed E-state index contributed by atoms with van der Waals surface area (Å²) in [6.07, 6.45) is 3.46. The van der Waals surface area contributed by atoms with E-state index in [1.807, 2.05) is 19.1 Å². The lowest BCUT2D eigenvalue weighted by Crippen LogP contribution is -2.36. The third kappa shape index (κ3) is 3.32. The van der Waals surface area contributed by atoms with Gasteiger partial charge in [-0.3, -0.25) is 15.1 Å². The fourth-order valence-corrected chi connectivity index (χ4v) is 1.37. The van der Waals surface area contributed by atoms with Gasteiger partial charge in [-0.2, -0.15) is 0 Å². The van der Waals surface area contributed by atoms with E-state index in [0.717, 1.165) is 5.56 Å². The number of hydrogen-bond acceptors (Lipinski definition) is 4. The molecule has 0 fully saturated rings. The Bertz CT molecular complexity index is 314. The van der Waals surface area contributed by atoms with Crippen LogP contribution in [0, 0.1) is 0 Å². The molecule has 0 amide bonds. The summed E-state index contributed by atoms with van der Waals surface area (Å²) in [6.45, 7) is 3.78. The van der Waals surface area contributed by atoms with Crippen molar-refractivity contribution in [3.8, 4) is 0 Å². The van der Waals surface area contributed by atoms with E-state index >= 15 is 0 Å². The molecule has 0 aromatic carbocycles. The first-order valence-electron chi connectivity index (χ1n) is 4.89. The topological polar surface area (TPSA) is 51.2 Å². The maximum atomic E-state index is 11.2. The molecule has 1 N–H and O–H groups in total. The van der Waals surface area contributed by atoms with E-state index in [0.29, 0.717) is 0 Å². The van der Waals surface area contributed by atoms with Crippen LogP contribution in [0.25, 0.3) is 0 Å². The quantitative estimate of drug-likeness (QED) is 0.758. The normalized spacial score (nSPS) is 14.3. The molecule has 0 spiro atoms. The molecule has 1 rings (SSSR count). The molecule has 0 bridgehead atoms. The van der Waals surface area contributed by atoms with Crippen molar-refractivity contribution in [2.45, 2.75) is 25.9 Å². The van der Waals surface area contributed by atoms with E-state index in [1.54, 1.807) is 19.3 Å². The zero-order chi connectivity index (χ0) is 11.3. The van der Waals surface area contributed by atoms with E-state index < -0.39 is 0 Å². The van der Waals surface area contributed by atoms with Crippen molar-refractivity contribution in [1.82, 2.24) is 10.3 Å². The summed E-state index contributed by atoms with van der Waals surface area (Å²) in [4.78, 5) is 15.1. The molecule has 0 aliphatic heterocycles. The van der Waals surface area contributed by atoms with Crippen molar-refractivity contribution in [2.75, 3.05) is 7.11 Å². The Kier molecular flexibility index (Phi) is 4.24. The van der Waals surface area contributed by atoms with Crippen molar-refractivity contribution < 1.29 is 9.53 Å². The molecule has 1 unspecified atom stereocenters. The monoisotopic (exact) mass is 208 g/mol. The van der Waals surface area contributed by atoms with Crippen LogP contribution in [0.1, 0.15) is 25.5 Å². The molecule has 82 valence electrons. The van der Waals surface area contributed by atoms with Gasteiger partial charge in [0.25, 0.3) is 0 Å². The smallest absolute Gasteiger partial charge is 0.322 e. The zero-order valence-electron chi connectivity index (χ0n) is 9.23. The molecule has 15 heavy (non-hydrogen) atoms. The van der Waals surface area contributed by atoms with Crippen LogP contribution in [0.2, 0.25) is 0 Å². The number of nitrogens with one attached hydrogen (secondary N) is 1. The number of nitrogens with zero attached hydrogens (tertiary/aromatic N) is 1. The standard InChI is InChI=1S/C11H16N2O2/c1-8(10-4-6-12-7-5-10)13-9(2)11(14)15-3/h4-9,13H,1-3H3/t8?,9-/m0/s1. The van der Waals surface area contributed by atoms with Gasteiger partial charge in [0, 0.05) is 18.4 Å². The Morgan fingerprint density at radius 2 is 2.00 bits per heavy atom. The van der Waals surface area contributed by atoms with Gasteiger partial charge in [0.1, 0.15) is 6.04 Å². The minimum Gasteiger partial charge on any atom is -0.468 e. The number of hydrogen-bond donors (Lipinski definition) is 1. The van der Waals surface area contributed by atoms with Gasteiger partial charge in [-0.25, -0.2) is 0 Å². The Hall–Kier alpha value is -1.42. The fourth-order valence-electron chi connectivity index (χ4n) is 1.37. The van der Waals surface area contributed by atoms with Crippen LogP contribution in [-0.4, -0.2) is 24.1 Å². The first-order chi connectivity index (χ1) is 7.15. The lowest BCUT2D eigenvalue weighted by molar-refractivity contribution is -0.142. The number of pyridine rings is 1. The molecule has 1 aromatic rings. The third-order valence-electron chi connectivity index (χ3n) is 2.26. The number of rotatable bonds is 4. The Balaban J connectivity index is 2.56. The number of carbonyl (C=O) groups excluding carboxylic acids is 1. The summed E-state index contributed by atoms with van der Waals surface area (Å²) in [5, 5.41) is 3.14. The molecule has 4 heteroatoms. The largest absolute Gasteiger partial charge is 0.468 e. The minimum atomic E-state index is -0.307. The molecular formula is C11H16N2O2.